The van der Waals surface area contributed by atoms with Gasteiger partial charge in [-0.3, -0.25) is 4.79 Å². The van der Waals surface area contributed by atoms with E-state index in [-0.39, 0.29) is 29.8 Å². The van der Waals surface area contributed by atoms with Gasteiger partial charge in [-0.05, 0) is 37.5 Å². The van der Waals surface area contributed by atoms with Gasteiger partial charge < -0.3 is 15.7 Å². The van der Waals surface area contributed by atoms with Crippen LogP contribution in [0.25, 0.3) is 0 Å². The van der Waals surface area contributed by atoms with Crippen LogP contribution in [0, 0.1) is 5.82 Å². The molecular weight excluding hydrogens is 235 g/mol. The van der Waals surface area contributed by atoms with Crippen LogP contribution in [-0.2, 0) is 0 Å². The van der Waals surface area contributed by atoms with E-state index >= 15 is 0 Å². The highest BCUT2D eigenvalue weighted by atomic mass is 19.1. The molecule has 1 amide bonds. The number of halogens is 1. The van der Waals surface area contributed by atoms with Crippen LogP contribution in [0.15, 0.2) is 18.2 Å². The molecule has 1 aromatic carbocycles. The Labute approximate surface area is 105 Å². The molecule has 0 saturated carbocycles. The lowest BCUT2D eigenvalue weighted by Gasteiger charge is -2.24. The first-order valence-corrected chi connectivity index (χ1v) is 6.09. The number of aliphatic hydroxyl groups excluding tert-OH is 1. The van der Waals surface area contributed by atoms with Gasteiger partial charge in [-0.15, -0.1) is 0 Å². The SMILES string of the molecule is Nc1cc(F)cc(C(=O)N2CCCC2CCO)c1. The van der Waals surface area contributed by atoms with E-state index in [1.165, 1.54) is 18.2 Å². The minimum absolute atomic E-state index is 0.0481. The number of aliphatic hydroxyl groups is 1. The standard InChI is InChI=1S/C13H17FN2O2/c14-10-6-9(7-11(15)8-10)13(18)16-4-1-2-12(16)3-5-17/h6-8,12,17H,1-5,15H2. The van der Waals surface area contributed by atoms with E-state index in [0.29, 0.717) is 13.0 Å². The molecule has 1 aliphatic rings. The summed E-state index contributed by atoms with van der Waals surface area (Å²) in [5.41, 5.74) is 6.06. The molecule has 5 heteroatoms. The molecule has 1 fully saturated rings. The summed E-state index contributed by atoms with van der Waals surface area (Å²) in [6, 6.07) is 3.92. The van der Waals surface area contributed by atoms with Crippen molar-refractivity contribution in [1.82, 2.24) is 4.90 Å². The number of hydrogen-bond donors (Lipinski definition) is 2. The number of carbonyl (C=O) groups is 1. The molecule has 0 aliphatic carbocycles. The summed E-state index contributed by atoms with van der Waals surface area (Å²) >= 11 is 0. The topological polar surface area (TPSA) is 66.6 Å². The number of hydrogen-bond acceptors (Lipinski definition) is 3. The number of carbonyl (C=O) groups excluding carboxylic acids is 1. The van der Waals surface area contributed by atoms with Gasteiger partial charge in [0.15, 0.2) is 0 Å². The zero-order chi connectivity index (χ0) is 13.1. The summed E-state index contributed by atoms with van der Waals surface area (Å²) in [5.74, 6) is -0.714. The van der Waals surface area contributed by atoms with E-state index in [1.54, 1.807) is 4.90 Å². The fourth-order valence-corrected chi connectivity index (χ4v) is 2.45. The molecule has 1 saturated heterocycles. The van der Waals surface area contributed by atoms with Crippen LogP contribution in [0.4, 0.5) is 10.1 Å². The van der Waals surface area contributed by atoms with Crippen LogP contribution in [0.1, 0.15) is 29.6 Å². The second-order valence-electron chi connectivity index (χ2n) is 4.58. The summed E-state index contributed by atoms with van der Waals surface area (Å²) in [7, 11) is 0. The van der Waals surface area contributed by atoms with Crippen LogP contribution in [0.2, 0.25) is 0 Å². The Bertz CT molecular complexity index is 430. The fourth-order valence-electron chi connectivity index (χ4n) is 2.45. The van der Waals surface area contributed by atoms with Crippen molar-refractivity contribution >= 4 is 11.6 Å². The first kappa shape index (κ1) is 12.8. The van der Waals surface area contributed by atoms with Crippen LogP contribution in [-0.4, -0.2) is 35.1 Å². The van der Waals surface area contributed by atoms with Gasteiger partial charge in [0.25, 0.3) is 5.91 Å². The first-order chi connectivity index (χ1) is 8.61. The number of rotatable bonds is 3. The van der Waals surface area contributed by atoms with E-state index in [0.717, 1.165) is 12.8 Å². The van der Waals surface area contributed by atoms with Crippen molar-refractivity contribution in [3.8, 4) is 0 Å². The monoisotopic (exact) mass is 252 g/mol. The lowest BCUT2D eigenvalue weighted by molar-refractivity contribution is 0.0716. The van der Waals surface area contributed by atoms with Gasteiger partial charge in [0, 0.05) is 30.4 Å². The van der Waals surface area contributed by atoms with E-state index < -0.39 is 5.82 Å². The number of likely N-dealkylation sites (tertiary alicyclic amines) is 1. The predicted molar refractivity (Wildman–Crippen MR) is 66.6 cm³/mol. The van der Waals surface area contributed by atoms with Crippen LogP contribution in [0.3, 0.4) is 0 Å². The third-order valence-electron chi connectivity index (χ3n) is 3.27. The van der Waals surface area contributed by atoms with Gasteiger partial charge in [0.05, 0.1) is 0 Å². The maximum absolute atomic E-state index is 13.2. The minimum Gasteiger partial charge on any atom is -0.399 e. The summed E-state index contributed by atoms with van der Waals surface area (Å²) in [6.07, 6.45) is 2.37. The molecule has 0 radical (unpaired) electrons. The molecule has 1 aliphatic heterocycles. The van der Waals surface area contributed by atoms with Gasteiger partial charge >= 0.3 is 0 Å². The van der Waals surface area contributed by atoms with Gasteiger partial charge in [-0.2, -0.15) is 0 Å². The van der Waals surface area contributed by atoms with Crippen molar-refractivity contribution < 1.29 is 14.3 Å². The second-order valence-corrected chi connectivity index (χ2v) is 4.58. The number of nitrogens with zero attached hydrogens (tertiary/aromatic N) is 1. The van der Waals surface area contributed by atoms with E-state index in [1.807, 2.05) is 0 Å². The maximum Gasteiger partial charge on any atom is 0.254 e. The molecule has 2 rings (SSSR count). The number of amides is 1. The highest BCUT2D eigenvalue weighted by Gasteiger charge is 2.29. The Morgan fingerprint density at radius 3 is 2.94 bits per heavy atom. The molecule has 0 spiro atoms. The van der Waals surface area contributed by atoms with Crippen molar-refractivity contribution in [1.29, 1.82) is 0 Å². The van der Waals surface area contributed by atoms with E-state index in [4.69, 9.17) is 10.8 Å². The molecule has 4 nitrogen and oxygen atoms in total. The highest BCUT2D eigenvalue weighted by Crippen LogP contribution is 2.23. The third kappa shape index (κ3) is 2.61. The molecule has 18 heavy (non-hydrogen) atoms. The molecule has 98 valence electrons. The Morgan fingerprint density at radius 1 is 1.50 bits per heavy atom. The van der Waals surface area contributed by atoms with E-state index in [2.05, 4.69) is 0 Å². The van der Waals surface area contributed by atoms with Crippen molar-refractivity contribution in [2.24, 2.45) is 0 Å². The summed E-state index contributed by atoms with van der Waals surface area (Å²) in [4.78, 5) is 14.0. The lowest BCUT2D eigenvalue weighted by atomic mass is 10.1. The van der Waals surface area contributed by atoms with Crippen LogP contribution < -0.4 is 5.73 Å². The van der Waals surface area contributed by atoms with Gasteiger partial charge in [0.1, 0.15) is 5.82 Å². The third-order valence-corrected chi connectivity index (χ3v) is 3.27. The average Bonchev–Trinajstić information content (AvgIpc) is 2.75. The van der Waals surface area contributed by atoms with Crippen molar-refractivity contribution in [2.75, 3.05) is 18.9 Å². The Morgan fingerprint density at radius 2 is 2.28 bits per heavy atom. The maximum atomic E-state index is 13.2. The smallest absolute Gasteiger partial charge is 0.254 e. The molecule has 1 heterocycles. The Hall–Kier alpha value is -1.62. The largest absolute Gasteiger partial charge is 0.399 e. The minimum atomic E-state index is -0.503. The predicted octanol–water partition coefficient (Wildman–Crippen LogP) is 1.39. The van der Waals surface area contributed by atoms with Crippen molar-refractivity contribution in [2.45, 2.75) is 25.3 Å². The van der Waals surface area contributed by atoms with E-state index in [9.17, 15) is 9.18 Å². The summed E-state index contributed by atoms with van der Waals surface area (Å²) < 4.78 is 13.2. The Kier molecular flexibility index (Phi) is 3.81. The van der Waals surface area contributed by atoms with Crippen LogP contribution >= 0.6 is 0 Å². The summed E-state index contributed by atoms with van der Waals surface area (Å²) in [6.45, 7) is 0.708. The molecule has 1 atom stereocenters. The fraction of sp³-hybridized carbons (Fsp3) is 0.462. The zero-order valence-electron chi connectivity index (χ0n) is 10.1. The highest BCUT2D eigenvalue weighted by molar-refractivity contribution is 5.95. The molecule has 0 bridgehead atoms. The molecule has 0 aromatic heterocycles. The van der Waals surface area contributed by atoms with Gasteiger partial charge in [0.2, 0.25) is 0 Å². The zero-order valence-corrected chi connectivity index (χ0v) is 10.1. The number of nitrogen functional groups attached to an aromatic ring is 1. The Balaban J connectivity index is 2.19. The second kappa shape index (κ2) is 5.35. The molecule has 1 aromatic rings. The number of anilines is 1. The van der Waals surface area contributed by atoms with Gasteiger partial charge in [-0.25, -0.2) is 4.39 Å². The first-order valence-electron chi connectivity index (χ1n) is 6.09. The lowest BCUT2D eigenvalue weighted by Crippen LogP contribution is -2.36. The summed E-state index contributed by atoms with van der Waals surface area (Å²) in [5, 5.41) is 8.97. The molecular formula is C13H17FN2O2. The molecule has 1 unspecified atom stereocenters. The quantitative estimate of drug-likeness (QED) is 0.799. The normalized spacial score (nSPS) is 19.2. The van der Waals surface area contributed by atoms with Crippen LogP contribution in [0.5, 0.6) is 0 Å². The average molecular weight is 252 g/mol. The number of nitrogens with two attached hydrogens (primary N) is 1. The number of benzene rings is 1. The van der Waals surface area contributed by atoms with Crippen molar-refractivity contribution in [3.63, 3.8) is 0 Å². The van der Waals surface area contributed by atoms with Gasteiger partial charge in [-0.1, -0.05) is 0 Å². The molecule has 3 N–H and O–H groups in total. The van der Waals surface area contributed by atoms with Crippen molar-refractivity contribution in [3.05, 3.63) is 29.6 Å².